The summed E-state index contributed by atoms with van der Waals surface area (Å²) in [6, 6.07) is 6.21. The average molecular weight is 299 g/mol. The molecule has 1 aliphatic heterocycles. The second-order valence-corrected chi connectivity index (χ2v) is 6.47. The molecule has 0 saturated carbocycles. The summed E-state index contributed by atoms with van der Waals surface area (Å²) < 4.78 is 28.0. The Kier molecular flexibility index (Phi) is 2.94. The van der Waals surface area contributed by atoms with Gasteiger partial charge in [-0.05, 0) is 24.6 Å². The Morgan fingerprint density at radius 2 is 2.11 bits per heavy atom. The van der Waals surface area contributed by atoms with E-state index in [4.69, 9.17) is 11.6 Å². The molecule has 1 aromatic heterocycles. The number of aromatic nitrogens is 3. The summed E-state index contributed by atoms with van der Waals surface area (Å²) in [4.78, 5) is 4.18. The third kappa shape index (κ3) is 2.08. The number of fused-ring (bicyclic) bond motifs is 1. The number of hydrogen-bond acceptors (Lipinski definition) is 4. The number of halogens is 1. The van der Waals surface area contributed by atoms with E-state index in [2.05, 4.69) is 10.1 Å². The molecule has 3 rings (SSSR count). The minimum Gasteiger partial charge on any atom is -0.234 e. The number of anilines is 1. The van der Waals surface area contributed by atoms with Gasteiger partial charge in [-0.2, -0.15) is 10.1 Å². The smallest absolute Gasteiger partial charge is 0.234 e. The Balaban J connectivity index is 2.08. The van der Waals surface area contributed by atoms with Crippen LogP contribution in [0.5, 0.6) is 0 Å². The van der Waals surface area contributed by atoms with E-state index < -0.39 is 10.0 Å². The normalized spacial score (nSPS) is 15.3. The van der Waals surface area contributed by atoms with Gasteiger partial charge in [0, 0.05) is 18.1 Å². The van der Waals surface area contributed by atoms with Crippen LogP contribution in [0.15, 0.2) is 35.5 Å². The number of nitrogens with zero attached hydrogens (tertiary/aromatic N) is 4. The largest absolute Gasteiger partial charge is 0.266 e. The first-order valence-corrected chi connectivity index (χ1v) is 7.57. The number of hydrogen-bond donors (Lipinski definition) is 0. The Labute approximate surface area is 115 Å². The lowest BCUT2D eigenvalue weighted by Crippen LogP contribution is -2.38. The van der Waals surface area contributed by atoms with Crippen LogP contribution in [0.25, 0.3) is 0 Å². The number of aryl methyl sites for hydroxylation is 1. The van der Waals surface area contributed by atoms with Crippen molar-refractivity contribution in [1.29, 1.82) is 0 Å². The standard InChI is InChI=1S/C11H11ClN4O2S/c12-9-3-1-4-10(7-9)19(17,18)16-6-2-5-15-11(16)13-8-14-15/h1,3-4,7-8H,2,5-6H2. The van der Waals surface area contributed by atoms with Crippen LogP contribution in [-0.4, -0.2) is 29.7 Å². The van der Waals surface area contributed by atoms with Gasteiger partial charge in [-0.15, -0.1) is 0 Å². The highest BCUT2D eigenvalue weighted by Crippen LogP contribution is 2.26. The van der Waals surface area contributed by atoms with Crippen molar-refractivity contribution >= 4 is 27.6 Å². The first kappa shape index (κ1) is 12.4. The van der Waals surface area contributed by atoms with E-state index in [1.807, 2.05) is 0 Å². The van der Waals surface area contributed by atoms with Crippen molar-refractivity contribution in [3.63, 3.8) is 0 Å². The molecule has 8 heteroatoms. The zero-order valence-electron chi connectivity index (χ0n) is 9.90. The Morgan fingerprint density at radius 1 is 1.26 bits per heavy atom. The molecule has 6 nitrogen and oxygen atoms in total. The molecule has 0 spiro atoms. The van der Waals surface area contributed by atoms with Gasteiger partial charge in [0.05, 0.1) is 4.90 Å². The fraction of sp³-hybridized carbons (Fsp3) is 0.273. The van der Waals surface area contributed by atoms with Gasteiger partial charge >= 0.3 is 0 Å². The van der Waals surface area contributed by atoms with Crippen LogP contribution >= 0.6 is 11.6 Å². The molecule has 0 bridgehead atoms. The summed E-state index contributed by atoms with van der Waals surface area (Å²) in [5.41, 5.74) is 0. The monoisotopic (exact) mass is 298 g/mol. The van der Waals surface area contributed by atoms with Gasteiger partial charge < -0.3 is 0 Å². The van der Waals surface area contributed by atoms with E-state index in [1.54, 1.807) is 16.8 Å². The van der Waals surface area contributed by atoms with Crippen LogP contribution in [0.2, 0.25) is 5.02 Å². The molecule has 0 aliphatic carbocycles. The molecule has 1 aliphatic rings. The quantitative estimate of drug-likeness (QED) is 0.843. The van der Waals surface area contributed by atoms with Crippen LogP contribution in [0.1, 0.15) is 6.42 Å². The molecule has 2 aromatic rings. The third-order valence-electron chi connectivity index (χ3n) is 2.93. The first-order chi connectivity index (χ1) is 9.09. The van der Waals surface area contributed by atoms with E-state index >= 15 is 0 Å². The lowest BCUT2D eigenvalue weighted by molar-refractivity contribution is 0.529. The SMILES string of the molecule is O=S(=O)(c1cccc(Cl)c1)N1CCCn2ncnc21. The lowest BCUT2D eigenvalue weighted by atomic mass is 10.4. The molecule has 19 heavy (non-hydrogen) atoms. The molecule has 0 atom stereocenters. The van der Waals surface area contributed by atoms with Crippen LogP contribution in [0.4, 0.5) is 5.95 Å². The fourth-order valence-corrected chi connectivity index (χ4v) is 3.82. The first-order valence-electron chi connectivity index (χ1n) is 5.75. The topological polar surface area (TPSA) is 68.1 Å². The molecule has 2 heterocycles. The molecule has 1 aromatic carbocycles. The predicted octanol–water partition coefficient (Wildman–Crippen LogP) is 1.53. The van der Waals surface area contributed by atoms with Gasteiger partial charge in [-0.1, -0.05) is 17.7 Å². The summed E-state index contributed by atoms with van der Waals surface area (Å²) in [6.45, 7) is 1.07. The molecular weight excluding hydrogens is 288 g/mol. The van der Waals surface area contributed by atoms with E-state index in [9.17, 15) is 8.42 Å². The zero-order chi connectivity index (χ0) is 13.5. The number of benzene rings is 1. The maximum absolute atomic E-state index is 12.6. The summed E-state index contributed by atoms with van der Waals surface area (Å²) in [6.07, 6.45) is 2.07. The molecular formula is C11H11ClN4O2S. The van der Waals surface area contributed by atoms with Gasteiger partial charge in [0.2, 0.25) is 5.95 Å². The van der Waals surface area contributed by atoms with Crippen LogP contribution in [-0.2, 0) is 16.6 Å². The van der Waals surface area contributed by atoms with Crippen molar-refractivity contribution in [3.05, 3.63) is 35.6 Å². The average Bonchev–Trinajstić information content (AvgIpc) is 2.86. The molecule has 0 radical (unpaired) electrons. The maximum Gasteiger partial charge on any atom is 0.266 e. The summed E-state index contributed by atoms with van der Waals surface area (Å²) >= 11 is 5.85. The summed E-state index contributed by atoms with van der Waals surface area (Å²) in [5, 5.41) is 4.39. The van der Waals surface area contributed by atoms with Gasteiger partial charge in [-0.25, -0.2) is 17.4 Å². The van der Waals surface area contributed by atoms with E-state index in [1.165, 1.54) is 22.8 Å². The molecule has 0 fully saturated rings. The lowest BCUT2D eigenvalue weighted by Gasteiger charge is -2.27. The highest BCUT2D eigenvalue weighted by atomic mass is 35.5. The highest BCUT2D eigenvalue weighted by Gasteiger charge is 2.31. The Bertz CT molecular complexity index is 713. The zero-order valence-corrected chi connectivity index (χ0v) is 11.5. The molecule has 0 unspecified atom stereocenters. The van der Waals surface area contributed by atoms with Gasteiger partial charge in [0.25, 0.3) is 10.0 Å². The summed E-state index contributed by atoms with van der Waals surface area (Å²) in [5.74, 6) is 0.353. The second kappa shape index (κ2) is 4.50. The predicted molar refractivity (Wildman–Crippen MR) is 70.6 cm³/mol. The van der Waals surface area contributed by atoms with E-state index in [0.717, 1.165) is 0 Å². The van der Waals surface area contributed by atoms with Gasteiger partial charge in [0.15, 0.2) is 0 Å². The molecule has 100 valence electrons. The number of sulfonamides is 1. The fourth-order valence-electron chi connectivity index (χ4n) is 2.06. The van der Waals surface area contributed by atoms with Crippen LogP contribution < -0.4 is 4.31 Å². The summed E-state index contributed by atoms with van der Waals surface area (Å²) in [7, 11) is -3.64. The van der Waals surface area contributed by atoms with Crippen LogP contribution in [0, 0.1) is 0 Å². The molecule has 0 saturated heterocycles. The Hall–Kier alpha value is -1.60. The molecule has 0 amide bonds. The van der Waals surface area contributed by atoms with Gasteiger partial charge in [-0.3, -0.25) is 0 Å². The van der Waals surface area contributed by atoms with Crippen molar-refractivity contribution in [1.82, 2.24) is 14.8 Å². The van der Waals surface area contributed by atoms with Crippen molar-refractivity contribution in [2.45, 2.75) is 17.9 Å². The van der Waals surface area contributed by atoms with Crippen LogP contribution in [0.3, 0.4) is 0 Å². The van der Waals surface area contributed by atoms with Crippen molar-refractivity contribution in [2.24, 2.45) is 0 Å². The minimum absolute atomic E-state index is 0.163. The van der Waals surface area contributed by atoms with E-state index in [0.29, 0.717) is 30.5 Å². The van der Waals surface area contributed by atoms with E-state index in [-0.39, 0.29) is 4.90 Å². The minimum atomic E-state index is -3.64. The number of rotatable bonds is 2. The molecule has 0 N–H and O–H groups in total. The Morgan fingerprint density at radius 3 is 2.89 bits per heavy atom. The third-order valence-corrected chi connectivity index (χ3v) is 4.94. The second-order valence-electron chi connectivity index (χ2n) is 4.17. The van der Waals surface area contributed by atoms with Crippen molar-refractivity contribution in [2.75, 3.05) is 10.8 Å². The van der Waals surface area contributed by atoms with Crippen molar-refractivity contribution < 1.29 is 8.42 Å². The van der Waals surface area contributed by atoms with Crippen molar-refractivity contribution in [3.8, 4) is 0 Å². The maximum atomic E-state index is 12.6. The highest BCUT2D eigenvalue weighted by molar-refractivity contribution is 7.92. The van der Waals surface area contributed by atoms with Gasteiger partial charge in [0.1, 0.15) is 6.33 Å².